The van der Waals surface area contributed by atoms with E-state index in [2.05, 4.69) is 4.98 Å². The van der Waals surface area contributed by atoms with Crippen molar-refractivity contribution in [1.82, 2.24) is 14.5 Å². The summed E-state index contributed by atoms with van der Waals surface area (Å²) in [6.45, 7) is 3.90. The molecule has 0 bridgehead atoms. The average molecular weight is 558 g/mol. The van der Waals surface area contributed by atoms with Gasteiger partial charge in [-0.1, -0.05) is 19.4 Å². The average Bonchev–Trinajstić information content (AvgIpc) is 2.89. The molecule has 2 N–H and O–H groups in total. The topological polar surface area (TPSA) is 148 Å². The van der Waals surface area contributed by atoms with Crippen molar-refractivity contribution in [3.63, 3.8) is 0 Å². The summed E-state index contributed by atoms with van der Waals surface area (Å²) in [5.74, 6) is -0.636. The monoisotopic (exact) mass is 557 g/mol. The van der Waals surface area contributed by atoms with Gasteiger partial charge in [0, 0.05) is 12.0 Å². The van der Waals surface area contributed by atoms with Crippen molar-refractivity contribution in [3.8, 4) is 23.1 Å². The SMILES string of the molecule is CCCCc1nc(O)c(S(=O)(=O)c2ccc(C(=O)N3CC(C)(O)C3)cc2)c(=O)n1-c1c(OC)cccc1OC. The van der Waals surface area contributed by atoms with E-state index in [1.165, 1.54) is 43.4 Å². The maximum absolute atomic E-state index is 13.9. The van der Waals surface area contributed by atoms with Crippen LogP contribution in [-0.4, -0.2) is 71.9 Å². The fourth-order valence-electron chi connectivity index (χ4n) is 4.55. The molecule has 1 aromatic heterocycles. The number of likely N-dealkylation sites (tertiary alicyclic amines) is 1. The van der Waals surface area contributed by atoms with E-state index in [-0.39, 0.29) is 58.9 Å². The zero-order valence-electron chi connectivity index (χ0n) is 22.2. The largest absolute Gasteiger partial charge is 0.494 e. The Morgan fingerprint density at radius 3 is 2.18 bits per heavy atom. The molecular weight excluding hydrogens is 526 g/mol. The number of benzene rings is 2. The number of para-hydroxylation sites is 1. The lowest BCUT2D eigenvalue weighted by molar-refractivity contribution is -0.0668. The van der Waals surface area contributed by atoms with Gasteiger partial charge in [-0.25, -0.2) is 8.42 Å². The standard InChI is InChI=1S/C27H31N3O8S/c1-5-6-10-21-28-24(31)23(26(33)30(21)22-19(37-3)8-7-9-20(22)38-4)39(35,36)18-13-11-17(12-14-18)25(32)29-15-27(2,34)16-29/h7-9,11-14,31,34H,5-6,10,15-16H2,1-4H3. The molecule has 208 valence electrons. The third-order valence-corrected chi connectivity index (χ3v) is 8.29. The van der Waals surface area contributed by atoms with Gasteiger partial charge in [-0.05, 0) is 49.7 Å². The number of hydrogen-bond donors (Lipinski definition) is 2. The Morgan fingerprint density at radius 1 is 1.08 bits per heavy atom. The van der Waals surface area contributed by atoms with E-state index in [1.54, 1.807) is 25.1 Å². The van der Waals surface area contributed by atoms with Crippen LogP contribution in [0.4, 0.5) is 0 Å². The van der Waals surface area contributed by atoms with Crippen LogP contribution in [0.5, 0.6) is 17.4 Å². The van der Waals surface area contributed by atoms with Crippen LogP contribution >= 0.6 is 0 Å². The lowest BCUT2D eigenvalue weighted by Gasteiger charge is -2.44. The first-order valence-electron chi connectivity index (χ1n) is 12.4. The molecule has 0 aliphatic carbocycles. The highest BCUT2D eigenvalue weighted by atomic mass is 32.2. The highest BCUT2D eigenvalue weighted by Gasteiger charge is 2.40. The molecule has 1 amide bonds. The molecule has 0 saturated carbocycles. The molecule has 11 nitrogen and oxygen atoms in total. The van der Waals surface area contributed by atoms with E-state index < -0.39 is 31.8 Å². The maximum atomic E-state index is 13.9. The van der Waals surface area contributed by atoms with Crippen LogP contribution in [0.2, 0.25) is 0 Å². The van der Waals surface area contributed by atoms with Crippen molar-refractivity contribution >= 4 is 15.7 Å². The van der Waals surface area contributed by atoms with E-state index in [1.807, 2.05) is 6.92 Å². The number of aromatic nitrogens is 2. The van der Waals surface area contributed by atoms with Crippen molar-refractivity contribution in [3.05, 3.63) is 64.2 Å². The third kappa shape index (κ3) is 5.21. The number of β-amino-alcohol motifs (C(OH)–C–C–N with tert-alkyl or cyclic N) is 1. The van der Waals surface area contributed by atoms with Crippen LogP contribution in [0, 0.1) is 0 Å². The molecule has 0 radical (unpaired) electrons. The zero-order valence-corrected chi connectivity index (χ0v) is 23.0. The minimum absolute atomic E-state index is 0.146. The minimum Gasteiger partial charge on any atom is -0.494 e. The summed E-state index contributed by atoms with van der Waals surface area (Å²) in [5.41, 5.74) is -1.58. The first-order valence-corrected chi connectivity index (χ1v) is 13.9. The third-order valence-electron chi connectivity index (χ3n) is 6.50. The van der Waals surface area contributed by atoms with Gasteiger partial charge in [-0.15, -0.1) is 0 Å². The molecule has 2 aromatic carbocycles. The van der Waals surface area contributed by atoms with Crippen LogP contribution in [0.25, 0.3) is 5.69 Å². The van der Waals surface area contributed by atoms with Gasteiger partial charge < -0.3 is 24.6 Å². The van der Waals surface area contributed by atoms with Gasteiger partial charge >= 0.3 is 0 Å². The number of unbranched alkanes of at least 4 members (excludes halogenated alkanes) is 1. The van der Waals surface area contributed by atoms with Crippen molar-refractivity contribution in [2.24, 2.45) is 0 Å². The number of amides is 1. The fourth-order valence-corrected chi connectivity index (χ4v) is 5.89. The second-order valence-corrected chi connectivity index (χ2v) is 11.5. The van der Waals surface area contributed by atoms with Gasteiger partial charge in [0.2, 0.25) is 15.7 Å². The Labute approximate surface area is 226 Å². The van der Waals surface area contributed by atoms with E-state index >= 15 is 0 Å². The van der Waals surface area contributed by atoms with Gasteiger partial charge in [0.25, 0.3) is 11.5 Å². The number of aromatic hydroxyl groups is 1. The molecule has 3 aromatic rings. The second-order valence-electron chi connectivity index (χ2n) is 9.62. The molecule has 0 unspecified atom stereocenters. The first-order chi connectivity index (χ1) is 18.4. The number of nitrogens with zero attached hydrogens (tertiary/aromatic N) is 3. The number of aliphatic hydroxyl groups is 1. The molecule has 1 fully saturated rings. The van der Waals surface area contributed by atoms with E-state index in [4.69, 9.17) is 9.47 Å². The number of methoxy groups -OCH3 is 2. The number of aryl methyl sites for hydroxylation is 1. The summed E-state index contributed by atoms with van der Waals surface area (Å²) in [7, 11) is -1.76. The summed E-state index contributed by atoms with van der Waals surface area (Å²) >= 11 is 0. The Hall–Kier alpha value is -3.90. The highest BCUT2D eigenvalue weighted by Crippen LogP contribution is 2.34. The smallest absolute Gasteiger partial charge is 0.281 e. The number of hydrogen-bond acceptors (Lipinski definition) is 9. The van der Waals surface area contributed by atoms with Gasteiger partial charge in [-0.2, -0.15) is 4.98 Å². The summed E-state index contributed by atoms with van der Waals surface area (Å²) in [5, 5.41) is 20.6. The summed E-state index contributed by atoms with van der Waals surface area (Å²) in [4.78, 5) is 30.9. The quantitative estimate of drug-likeness (QED) is 0.404. The Kier molecular flexibility index (Phi) is 7.71. The number of rotatable bonds is 9. The summed E-state index contributed by atoms with van der Waals surface area (Å²) < 4.78 is 39.3. The Bertz CT molecular complexity index is 1530. The van der Waals surface area contributed by atoms with Gasteiger partial charge in [-0.3, -0.25) is 14.2 Å². The number of carbonyl (C=O) groups excluding carboxylic acids is 1. The number of carbonyl (C=O) groups is 1. The molecule has 0 atom stereocenters. The van der Waals surface area contributed by atoms with Crippen molar-refractivity contribution in [2.45, 2.75) is 48.5 Å². The maximum Gasteiger partial charge on any atom is 0.281 e. The molecule has 1 aliphatic heterocycles. The van der Waals surface area contributed by atoms with Gasteiger partial charge in [0.05, 0.1) is 37.8 Å². The summed E-state index contributed by atoms with van der Waals surface area (Å²) in [6.07, 6.45) is 1.66. The lowest BCUT2D eigenvalue weighted by Crippen LogP contribution is -2.61. The minimum atomic E-state index is -4.57. The molecule has 39 heavy (non-hydrogen) atoms. The number of ether oxygens (including phenoxy) is 2. The normalized spacial score (nSPS) is 14.5. The molecule has 2 heterocycles. The Morgan fingerprint density at radius 2 is 1.67 bits per heavy atom. The van der Waals surface area contributed by atoms with Gasteiger partial charge in [0.15, 0.2) is 4.90 Å². The van der Waals surface area contributed by atoms with Crippen LogP contribution < -0.4 is 15.0 Å². The molecule has 0 spiro atoms. The van der Waals surface area contributed by atoms with E-state index in [9.17, 15) is 28.2 Å². The summed E-state index contributed by atoms with van der Waals surface area (Å²) in [6, 6.07) is 9.89. The second kappa shape index (κ2) is 10.7. The Balaban J connectivity index is 1.84. The molecule has 1 saturated heterocycles. The van der Waals surface area contributed by atoms with Gasteiger partial charge in [0.1, 0.15) is 23.0 Å². The fraction of sp³-hybridized carbons (Fsp3) is 0.370. The number of sulfone groups is 1. The lowest BCUT2D eigenvalue weighted by atomic mass is 9.96. The first kappa shape index (κ1) is 28.1. The van der Waals surface area contributed by atoms with Crippen LogP contribution in [-0.2, 0) is 16.3 Å². The molecule has 1 aliphatic rings. The predicted molar refractivity (Wildman–Crippen MR) is 142 cm³/mol. The van der Waals surface area contributed by atoms with Crippen LogP contribution in [0.1, 0.15) is 42.9 Å². The molecule has 4 rings (SSSR count). The predicted octanol–water partition coefficient (Wildman–Crippen LogP) is 2.34. The van der Waals surface area contributed by atoms with Crippen molar-refractivity contribution in [2.75, 3.05) is 27.3 Å². The van der Waals surface area contributed by atoms with E-state index in [0.29, 0.717) is 6.42 Å². The molecule has 12 heteroatoms. The van der Waals surface area contributed by atoms with Crippen molar-refractivity contribution < 1.29 is 32.9 Å². The molecular formula is C27H31N3O8S. The highest BCUT2D eigenvalue weighted by molar-refractivity contribution is 7.91. The van der Waals surface area contributed by atoms with Crippen molar-refractivity contribution in [1.29, 1.82) is 0 Å². The van der Waals surface area contributed by atoms with Crippen LogP contribution in [0.15, 0.2) is 57.1 Å². The van der Waals surface area contributed by atoms with Crippen LogP contribution in [0.3, 0.4) is 0 Å². The van der Waals surface area contributed by atoms with E-state index in [0.717, 1.165) is 11.0 Å². The zero-order chi connectivity index (χ0) is 28.5.